The summed E-state index contributed by atoms with van der Waals surface area (Å²) in [6.45, 7) is 6.04. The van der Waals surface area contributed by atoms with Gasteiger partial charge < -0.3 is 10.3 Å². The van der Waals surface area contributed by atoms with Crippen LogP contribution in [0.5, 0.6) is 0 Å². The van der Waals surface area contributed by atoms with Crippen LogP contribution in [0, 0.1) is 5.92 Å². The zero-order chi connectivity index (χ0) is 15.2. The molecule has 1 aromatic rings. The summed E-state index contributed by atoms with van der Waals surface area (Å²) in [5.41, 5.74) is 4.17. The first-order chi connectivity index (χ1) is 10.2. The van der Waals surface area contributed by atoms with E-state index in [1.54, 1.807) is 6.07 Å². The predicted molar refractivity (Wildman–Crippen MR) is 85.0 cm³/mol. The van der Waals surface area contributed by atoms with Crippen LogP contribution in [-0.2, 0) is 6.42 Å². The topological polar surface area (TPSA) is 71.2 Å². The number of rotatable bonds is 6. The molecule has 1 fully saturated rings. The fraction of sp³-hybridized carbons (Fsp3) is 0.625. The van der Waals surface area contributed by atoms with Gasteiger partial charge in [0, 0.05) is 24.3 Å². The number of hydrogen-bond acceptors (Lipinski definition) is 4. The van der Waals surface area contributed by atoms with Gasteiger partial charge in [0.15, 0.2) is 0 Å². The Hall–Kier alpha value is -1.62. The van der Waals surface area contributed by atoms with Gasteiger partial charge in [0.1, 0.15) is 5.82 Å². The molecule has 1 aliphatic heterocycles. The predicted octanol–water partition coefficient (Wildman–Crippen LogP) is 2.58. The molecule has 0 bridgehead atoms. The second-order valence-corrected chi connectivity index (χ2v) is 5.82. The minimum atomic E-state index is 0.102. The minimum Gasteiger partial charge on any atom is -0.338 e. The molecule has 2 heterocycles. The van der Waals surface area contributed by atoms with Crippen molar-refractivity contribution < 1.29 is 4.79 Å². The normalized spacial score (nSPS) is 18.0. The van der Waals surface area contributed by atoms with Gasteiger partial charge in [-0.25, -0.2) is 10.8 Å². The van der Waals surface area contributed by atoms with Crippen molar-refractivity contribution in [1.82, 2.24) is 9.88 Å². The molecule has 1 unspecified atom stereocenters. The SMILES string of the molecule is CCCc1cc(C(=O)N2CCC(CCC)C2)cc(NN)n1. The van der Waals surface area contributed by atoms with E-state index in [2.05, 4.69) is 24.3 Å². The van der Waals surface area contributed by atoms with Gasteiger partial charge in [-0.15, -0.1) is 0 Å². The van der Waals surface area contributed by atoms with E-state index in [0.29, 0.717) is 17.3 Å². The van der Waals surface area contributed by atoms with Crippen molar-refractivity contribution in [3.8, 4) is 0 Å². The van der Waals surface area contributed by atoms with Crippen molar-refractivity contribution in [2.45, 2.75) is 46.0 Å². The number of aryl methyl sites for hydroxylation is 1. The lowest BCUT2D eigenvalue weighted by Crippen LogP contribution is -2.29. The Kier molecular flexibility index (Phi) is 5.56. The van der Waals surface area contributed by atoms with Gasteiger partial charge in [-0.1, -0.05) is 26.7 Å². The summed E-state index contributed by atoms with van der Waals surface area (Å²) in [5.74, 6) is 6.78. The summed E-state index contributed by atoms with van der Waals surface area (Å²) in [7, 11) is 0. The molecule has 0 saturated carbocycles. The number of anilines is 1. The minimum absolute atomic E-state index is 0.102. The van der Waals surface area contributed by atoms with Gasteiger partial charge in [0.05, 0.1) is 0 Å². The number of nitrogens with two attached hydrogens (primary N) is 1. The van der Waals surface area contributed by atoms with E-state index in [-0.39, 0.29) is 5.91 Å². The molecule has 0 aromatic carbocycles. The highest BCUT2D eigenvalue weighted by Crippen LogP contribution is 2.23. The number of aromatic nitrogens is 1. The van der Waals surface area contributed by atoms with Crippen LogP contribution >= 0.6 is 0 Å². The summed E-state index contributed by atoms with van der Waals surface area (Å²) in [6.07, 6.45) is 5.36. The van der Waals surface area contributed by atoms with Crippen LogP contribution in [0.2, 0.25) is 0 Å². The molecule has 1 aliphatic rings. The van der Waals surface area contributed by atoms with Crippen molar-refractivity contribution in [3.05, 3.63) is 23.4 Å². The quantitative estimate of drug-likeness (QED) is 0.624. The van der Waals surface area contributed by atoms with Crippen LogP contribution in [-0.4, -0.2) is 28.9 Å². The Labute approximate surface area is 126 Å². The first kappa shape index (κ1) is 15.8. The average Bonchev–Trinajstić information content (AvgIpc) is 2.95. The van der Waals surface area contributed by atoms with Crippen molar-refractivity contribution >= 4 is 11.7 Å². The average molecular weight is 290 g/mol. The molecular formula is C16H26N4O. The van der Waals surface area contributed by atoms with Crippen LogP contribution < -0.4 is 11.3 Å². The fourth-order valence-electron chi connectivity index (χ4n) is 3.01. The van der Waals surface area contributed by atoms with E-state index in [1.807, 2.05) is 11.0 Å². The molecule has 3 N–H and O–H groups in total. The number of nitrogens with one attached hydrogen (secondary N) is 1. The summed E-state index contributed by atoms with van der Waals surface area (Å²) in [4.78, 5) is 19.0. The van der Waals surface area contributed by atoms with E-state index in [9.17, 15) is 4.79 Å². The third-order valence-electron chi connectivity index (χ3n) is 4.05. The number of nitrogen functional groups attached to an aromatic ring is 1. The van der Waals surface area contributed by atoms with Crippen LogP contribution in [0.3, 0.4) is 0 Å². The van der Waals surface area contributed by atoms with Gasteiger partial charge in [-0.05, 0) is 37.3 Å². The summed E-state index contributed by atoms with van der Waals surface area (Å²) < 4.78 is 0. The second-order valence-electron chi connectivity index (χ2n) is 5.82. The Morgan fingerprint density at radius 1 is 1.43 bits per heavy atom. The third-order valence-corrected chi connectivity index (χ3v) is 4.05. The largest absolute Gasteiger partial charge is 0.338 e. The third kappa shape index (κ3) is 3.94. The molecule has 5 nitrogen and oxygen atoms in total. The molecule has 2 rings (SSSR count). The first-order valence-electron chi connectivity index (χ1n) is 7.94. The molecule has 1 aromatic heterocycles. The lowest BCUT2D eigenvalue weighted by Gasteiger charge is -2.17. The van der Waals surface area contributed by atoms with E-state index in [0.717, 1.165) is 38.0 Å². The Bertz CT molecular complexity index is 489. The molecule has 0 radical (unpaired) electrons. The monoisotopic (exact) mass is 290 g/mol. The van der Waals surface area contributed by atoms with Crippen LogP contribution in [0.4, 0.5) is 5.82 Å². The number of carbonyl (C=O) groups excluding carboxylic acids is 1. The Balaban J connectivity index is 2.13. The molecule has 1 amide bonds. The van der Waals surface area contributed by atoms with E-state index >= 15 is 0 Å². The summed E-state index contributed by atoms with van der Waals surface area (Å²) in [5, 5.41) is 0. The number of hydrazine groups is 1. The molecule has 1 atom stereocenters. The maximum atomic E-state index is 12.7. The summed E-state index contributed by atoms with van der Waals surface area (Å²) >= 11 is 0. The molecule has 116 valence electrons. The maximum Gasteiger partial charge on any atom is 0.254 e. The molecule has 0 spiro atoms. The number of carbonyl (C=O) groups is 1. The molecular weight excluding hydrogens is 264 g/mol. The van der Waals surface area contributed by atoms with E-state index in [4.69, 9.17) is 5.84 Å². The maximum absolute atomic E-state index is 12.7. The number of pyridine rings is 1. The summed E-state index contributed by atoms with van der Waals surface area (Å²) in [6, 6.07) is 3.65. The zero-order valence-electron chi connectivity index (χ0n) is 13.1. The standard InChI is InChI=1S/C16H26N4O/c1-3-5-12-7-8-20(11-12)16(21)13-9-14(6-4-2)18-15(10-13)19-17/h9-10,12H,3-8,11,17H2,1-2H3,(H,18,19). The number of amides is 1. The Morgan fingerprint density at radius 2 is 2.24 bits per heavy atom. The first-order valence-corrected chi connectivity index (χ1v) is 7.94. The van der Waals surface area contributed by atoms with Gasteiger partial charge in [-0.3, -0.25) is 4.79 Å². The molecule has 0 aliphatic carbocycles. The van der Waals surface area contributed by atoms with E-state index < -0.39 is 0 Å². The van der Waals surface area contributed by atoms with Crippen molar-refractivity contribution in [2.24, 2.45) is 11.8 Å². The smallest absolute Gasteiger partial charge is 0.254 e. The highest BCUT2D eigenvalue weighted by atomic mass is 16.2. The fourth-order valence-corrected chi connectivity index (χ4v) is 3.01. The number of likely N-dealkylation sites (tertiary alicyclic amines) is 1. The van der Waals surface area contributed by atoms with Gasteiger partial charge in [0.2, 0.25) is 0 Å². The molecule has 21 heavy (non-hydrogen) atoms. The Morgan fingerprint density at radius 3 is 2.90 bits per heavy atom. The van der Waals surface area contributed by atoms with Crippen molar-refractivity contribution in [1.29, 1.82) is 0 Å². The van der Waals surface area contributed by atoms with Crippen LogP contribution in [0.1, 0.15) is 55.6 Å². The lowest BCUT2D eigenvalue weighted by atomic mass is 10.0. The number of hydrogen-bond donors (Lipinski definition) is 2. The highest BCUT2D eigenvalue weighted by Gasteiger charge is 2.26. The van der Waals surface area contributed by atoms with Gasteiger partial charge >= 0.3 is 0 Å². The highest BCUT2D eigenvalue weighted by molar-refractivity contribution is 5.95. The van der Waals surface area contributed by atoms with Crippen LogP contribution in [0.25, 0.3) is 0 Å². The van der Waals surface area contributed by atoms with Gasteiger partial charge in [-0.2, -0.15) is 0 Å². The molecule has 1 saturated heterocycles. The van der Waals surface area contributed by atoms with Crippen LogP contribution in [0.15, 0.2) is 12.1 Å². The molecule has 5 heteroatoms. The lowest BCUT2D eigenvalue weighted by molar-refractivity contribution is 0.0786. The van der Waals surface area contributed by atoms with Crippen molar-refractivity contribution in [3.63, 3.8) is 0 Å². The second kappa shape index (κ2) is 7.41. The van der Waals surface area contributed by atoms with E-state index in [1.165, 1.54) is 12.8 Å². The van der Waals surface area contributed by atoms with Crippen molar-refractivity contribution in [2.75, 3.05) is 18.5 Å². The zero-order valence-corrected chi connectivity index (χ0v) is 13.1. The van der Waals surface area contributed by atoms with Gasteiger partial charge in [0.25, 0.3) is 5.91 Å². The number of nitrogens with zero attached hydrogens (tertiary/aromatic N) is 2.